The van der Waals surface area contributed by atoms with Crippen LogP contribution >= 0.6 is 22.9 Å². The molecule has 29 heavy (non-hydrogen) atoms. The quantitative estimate of drug-likeness (QED) is 0.663. The minimum atomic E-state index is -0.171. The molecule has 1 aliphatic rings. The van der Waals surface area contributed by atoms with Crippen molar-refractivity contribution in [2.24, 2.45) is 0 Å². The fourth-order valence-electron chi connectivity index (χ4n) is 3.34. The topological polar surface area (TPSA) is 52.7 Å². The number of nitrogens with one attached hydrogen (secondary N) is 1. The van der Waals surface area contributed by atoms with E-state index in [1.165, 1.54) is 11.3 Å². The van der Waals surface area contributed by atoms with Gasteiger partial charge in [0.05, 0.1) is 15.6 Å². The molecule has 1 aromatic heterocycles. The molecule has 0 saturated carbocycles. The average molecular weight is 426 g/mol. The lowest BCUT2D eigenvalue weighted by molar-refractivity contribution is 0.0751. The van der Waals surface area contributed by atoms with Gasteiger partial charge in [0.2, 0.25) is 0 Å². The van der Waals surface area contributed by atoms with Crippen LogP contribution in [-0.4, -0.2) is 42.9 Å². The van der Waals surface area contributed by atoms with Crippen molar-refractivity contribution < 1.29 is 9.59 Å². The molecule has 3 aromatic rings. The van der Waals surface area contributed by atoms with E-state index >= 15 is 0 Å². The predicted molar refractivity (Wildman–Crippen MR) is 118 cm³/mol. The summed E-state index contributed by atoms with van der Waals surface area (Å²) in [5.41, 5.74) is 2.16. The highest BCUT2D eigenvalue weighted by Gasteiger charge is 2.24. The smallest absolute Gasteiger partial charge is 0.264 e. The van der Waals surface area contributed by atoms with Crippen molar-refractivity contribution in [1.82, 2.24) is 4.90 Å². The number of thiophene rings is 1. The van der Waals surface area contributed by atoms with Gasteiger partial charge in [-0.15, -0.1) is 11.3 Å². The Morgan fingerprint density at radius 2 is 1.69 bits per heavy atom. The van der Waals surface area contributed by atoms with E-state index in [2.05, 4.69) is 10.2 Å². The van der Waals surface area contributed by atoms with Crippen LogP contribution in [0.5, 0.6) is 0 Å². The fourth-order valence-corrected chi connectivity index (χ4v) is 4.33. The number of hydrogen-bond donors (Lipinski definition) is 1. The highest BCUT2D eigenvalue weighted by Crippen LogP contribution is 2.30. The van der Waals surface area contributed by atoms with E-state index in [0.29, 0.717) is 42.5 Å². The molecule has 4 rings (SSSR count). The molecule has 7 heteroatoms. The molecule has 1 aliphatic heterocycles. The SMILES string of the molecule is O=C(Nc1ccc(N2CCN(C(=O)c3cccs3)CC2)c(Cl)c1)c1ccccc1. The molecule has 0 unspecified atom stereocenters. The van der Waals surface area contributed by atoms with Crippen molar-refractivity contribution in [3.05, 3.63) is 81.5 Å². The van der Waals surface area contributed by atoms with Crippen molar-refractivity contribution >= 4 is 46.1 Å². The lowest BCUT2D eigenvalue weighted by atomic mass is 10.2. The van der Waals surface area contributed by atoms with Crippen molar-refractivity contribution in [1.29, 1.82) is 0 Å². The molecule has 1 saturated heterocycles. The standard InChI is InChI=1S/C22H20ClN3O2S/c23-18-15-17(24-21(27)16-5-2-1-3-6-16)8-9-19(18)25-10-12-26(13-11-25)22(28)20-7-4-14-29-20/h1-9,14-15H,10-13H2,(H,24,27). The van der Waals surface area contributed by atoms with Crippen LogP contribution in [-0.2, 0) is 0 Å². The van der Waals surface area contributed by atoms with Crippen LogP contribution in [0.3, 0.4) is 0 Å². The van der Waals surface area contributed by atoms with Gasteiger partial charge in [-0.1, -0.05) is 35.9 Å². The highest BCUT2D eigenvalue weighted by atomic mass is 35.5. The Balaban J connectivity index is 1.39. The van der Waals surface area contributed by atoms with Gasteiger partial charge < -0.3 is 15.1 Å². The minimum absolute atomic E-state index is 0.0877. The summed E-state index contributed by atoms with van der Waals surface area (Å²) in [4.78, 5) is 29.6. The molecule has 0 atom stereocenters. The number of carbonyl (C=O) groups is 2. The summed E-state index contributed by atoms with van der Waals surface area (Å²) in [5, 5.41) is 5.37. The number of rotatable bonds is 4. The monoisotopic (exact) mass is 425 g/mol. The molecule has 2 heterocycles. The van der Waals surface area contributed by atoms with E-state index in [-0.39, 0.29) is 11.8 Å². The highest BCUT2D eigenvalue weighted by molar-refractivity contribution is 7.12. The maximum absolute atomic E-state index is 12.5. The first-order valence-electron chi connectivity index (χ1n) is 9.35. The Morgan fingerprint density at radius 3 is 2.34 bits per heavy atom. The zero-order valence-electron chi connectivity index (χ0n) is 15.7. The number of amides is 2. The second kappa shape index (κ2) is 8.68. The van der Waals surface area contributed by atoms with Crippen molar-refractivity contribution in [3.63, 3.8) is 0 Å². The third-order valence-corrected chi connectivity index (χ3v) is 6.04. The van der Waals surface area contributed by atoms with Gasteiger partial charge in [-0.05, 0) is 41.8 Å². The van der Waals surface area contributed by atoms with E-state index in [0.717, 1.165) is 10.6 Å². The van der Waals surface area contributed by atoms with Crippen LogP contribution in [0.2, 0.25) is 5.02 Å². The second-order valence-corrected chi connectivity index (χ2v) is 8.10. The third-order valence-electron chi connectivity index (χ3n) is 4.88. The van der Waals surface area contributed by atoms with Gasteiger partial charge in [-0.2, -0.15) is 0 Å². The lowest BCUT2D eigenvalue weighted by Crippen LogP contribution is -2.48. The summed E-state index contributed by atoms with van der Waals surface area (Å²) in [6.45, 7) is 2.73. The van der Waals surface area contributed by atoms with E-state index in [1.54, 1.807) is 18.2 Å². The van der Waals surface area contributed by atoms with Gasteiger partial charge in [0.15, 0.2) is 0 Å². The normalized spacial score (nSPS) is 14.0. The molecule has 2 amide bonds. The first kappa shape index (κ1) is 19.5. The van der Waals surface area contributed by atoms with E-state index in [4.69, 9.17) is 11.6 Å². The Kier molecular flexibility index (Phi) is 5.83. The van der Waals surface area contributed by atoms with Gasteiger partial charge in [-0.25, -0.2) is 0 Å². The Morgan fingerprint density at radius 1 is 0.931 bits per heavy atom. The summed E-state index contributed by atoms with van der Waals surface area (Å²) in [7, 11) is 0. The van der Waals surface area contributed by atoms with Gasteiger partial charge in [-0.3, -0.25) is 9.59 Å². The van der Waals surface area contributed by atoms with Crippen LogP contribution in [0.1, 0.15) is 20.0 Å². The molecular formula is C22H20ClN3O2S. The zero-order valence-corrected chi connectivity index (χ0v) is 17.2. The van der Waals surface area contributed by atoms with E-state index in [1.807, 2.05) is 52.7 Å². The number of benzene rings is 2. The summed E-state index contributed by atoms with van der Waals surface area (Å²) in [5.74, 6) is -0.0835. The number of halogens is 1. The van der Waals surface area contributed by atoms with Gasteiger partial charge in [0.1, 0.15) is 0 Å². The van der Waals surface area contributed by atoms with Crippen LogP contribution in [0.25, 0.3) is 0 Å². The second-order valence-electron chi connectivity index (χ2n) is 6.74. The molecule has 0 aliphatic carbocycles. The third kappa shape index (κ3) is 4.44. The maximum Gasteiger partial charge on any atom is 0.264 e. The van der Waals surface area contributed by atoms with Gasteiger partial charge in [0.25, 0.3) is 11.8 Å². The van der Waals surface area contributed by atoms with Gasteiger partial charge in [0, 0.05) is 37.4 Å². The fraction of sp³-hybridized carbons (Fsp3) is 0.182. The zero-order chi connectivity index (χ0) is 20.2. The van der Waals surface area contributed by atoms with Crippen LogP contribution < -0.4 is 10.2 Å². The molecule has 1 fully saturated rings. The molecule has 0 bridgehead atoms. The Hall–Kier alpha value is -2.83. The number of anilines is 2. The average Bonchev–Trinajstić information content (AvgIpc) is 3.29. The maximum atomic E-state index is 12.5. The molecular weight excluding hydrogens is 406 g/mol. The summed E-state index contributed by atoms with van der Waals surface area (Å²) >= 11 is 7.97. The molecule has 5 nitrogen and oxygen atoms in total. The first-order valence-corrected chi connectivity index (χ1v) is 10.6. The Labute approximate surface area is 178 Å². The molecule has 2 aromatic carbocycles. The number of carbonyl (C=O) groups excluding carboxylic acids is 2. The molecule has 0 radical (unpaired) electrons. The molecule has 0 spiro atoms. The Bertz CT molecular complexity index is 1000. The van der Waals surface area contributed by atoms with Crippen molar-refractivity contribution in [2.45, 2.75) is 0 Å². The largest absolute Gasteiger partial charge is 0.367 e. The minimum Gasteiger partial charge on any atom is -0.367 e. The molecule has 148 valence electrons. The first-order chi connectivity index (χ1) is 14.1. The number of hydrogen-bond acceptors (Lipinski definition) is 4. The van der Waals surface area contributed by atoms with Crippen LogP contribution in [0.15, 0.2) is 66.0 Å². The van der Waals surface area contributed by atoms with Crippen molar-refractivity contribution in [3.8, 4) is 0 Å². The molecule has 1 N–H and O–H groups in total. The predicted octanol–water partition coefficient (Wildman–Crippen LogP) is 4.62. The van der Waals surface area contributed by atoms with Crippen LogP contribution in [0.4, 0.5) is 11.4 Å². The number of piperazine rings is 1. The lowest BCUT2D eigenvalue weighted by Gasteiger charge is -2.36. The van der Waals surface area contributed by atoms with E-state index < -0.39 is 0 Å². The summed E-state index contributed by atoms with van der Waals surface area (Å²) in [6.07, 6.45) is 0. The van der Waals surface area contributed by atoms with Crippen LogP contribution in [0, 0.1) is 0 Å². The number of nitrogens with zero attached hydrogens (tertiary/aromatic N) is 2. The van der Waals surface area contributed by atoms with E-state index in [9.17, 15) is 9.59 Å². The summed E-state index contributed by atoms with van der Waals surface area (Å²) in [6, 6.07) is 18.3. The summed E-state index contributed by atoms with van der Waals surface area (Å²) < 4.78 is 0. The van der Waals surface area contributed by atoms with Crippen molar-refractivity contribution in [2.75, 3.05) is 36.4 Å². The van der Waals surface area contributed by atoms with Gasteiger partial charge >= 0.3 is 0 Å².